The van der Waals surface area contributed by atoms with Gasteiger partial charge in [-0.3, -0.25) is 4.79 Å². The summed E-state index contributed by atoms with van der Waals surface area (Å²) in [6.45, 7) is 1.90. The van der Waals surface area contributed by atoms with Gasteiger partial charge in [0.1, 0.15) is 17.6 Å². The Morgan fingerprint density at radius 3 is 2.83 bits per heavy atom. The lowest BCUT2D eigenvalue weighted by Crippen LogP contribution is -2.41. The highest BCUT2D eigenvalue weighted by molar-refractivity contribution is 5.84. The maximum absolute atomic E-state index is 12.1. The van der Waals surface area contributed by atoms with Gasteiger partial charge in [0.2, 0.25) is 0 Å². The van der Waals surface area contributed by atoms with Crippen molar-refractivity contribution in [2.75, 3.05) is 0 Å². The highest BCUT2D eigenvalue weighted by atomic mass is 16.3. The maximum Gasteiger partial charge on any atom is 0.258 e. The van der Waals surface area contributed by atoms with Gasteiger partial charge in [-0.2, -0.15) is 5.10 Å². The van der Waals surface area contributed by atoms with Crippen molar-refractivity contribution >= 4 is 18.2 Å². The van der Waals surface area contributed by atoms with Crippen LogP contribution in [0.25, 0.3) is 6.08 Å². The van der Waals surface area contributed by atoms with Crippen molar-refractivity contribution in [2.24, 2.45) is 5.10 Å². The first-order valence-corrected chi connectivity index (χ1v) is 7.84. The van der Waals surface area contributed by atoms with Crippen LogP contribution in [0, 0.1) is 6.92 Å². The average molecular weight is 324 g/mol. The second kappa shape index (κ2) is 7.72. The molecule has 1 amide bonds. The minimum absolute atomic E-state index is 0.0172. The normalized spacial score (nSPS) is 20.9. The third-order valence-electron chi connectivity index (χ3n) is 3.75. The fourth-order valence-corrected chi connectivity index (χ4v) is 2.50. The van der Waals surface area contributed by atoms with Crippen molar-refractivity contribution in [3.8, 4) is 0 Å². The smallest absolute Gasteiger partial charge is 0.258 e. The summed E-state index contributed by atoms with van der Waals surface area (Å²) >= 11 is 0. The second-order valence-corrected chi connectivity index (χ2v) is 5.60. The van der Waals surface area contributed by atoms with Crippen molar-refractivity contribution in [3.05, 3.63) is 65.6 Å². The second-order valence-electron chi connectivity index (χ2n) is 5.60. The first-order chi connectivity index (χ1) is 11.7. The summed E-state index contributed by atoms with van der Waals surface area (Å²) in [6.07, 6.45) is 5.86. The van der Waals surface area contributed by atoms with E-state index in [9.17, 15) is 4.79 Å². The topological polar surface area (TPSA) is 78.7 Å². The quantitative estimate of drug-likeness (QED) is 0.582. The number of carbonyl (C=O) groups excluding carboxylic acids is 1. The standard InChI is InChI=1S/C18H20N4O2/c1-13-9-10-17(24-13)15-12-16(21-20-15)18(23)22-19-11-5-8-14-6-3-2-4-7-14/h2-11,15-16,20-21H,12H2,1H3,(H,22,23)/b8-5+,19-11+. The molecule has 2 atom stereocenters. The number of hydrogen-bond donors (Lipinski definition) is 3. The monoisotopic (exact) mass is 324 g/mol. The third kappa shape index (κ3) is 4.18. The van der Waals surface area contributed by atoms with E-state index in [1.54, 1.807) is 12.3 Å². The lowest BCUT2D eigenvalue weighted by Gasteiger charge is -2.06. The Bertz CT molecular complexity index is 736. The zero-order chi connectivity index (χ0) is 16.8. The number of allylic oxidation sites excluding steroid dienone is 1. The number of carbonyl (C=O) groups is 1. The molecule has 0 aliphatic carbocycles. The predicted octanol–water partition coefficient (Wildman–Crippen LogP) is 2.31. The Balaban J connectivity index is 1.46. The van der Waals surface area contributed by atoms with Gasteiger partial charge in [-0.25, -0.2) is 16.3 Å². The molecule has 1 aliphatic heterocycles. The molecular weight excluding hydrogens is 304 g/mol. The molecule has 1 fully saturated rings. The first-order valence-electron chi connectivity index (χ1n) is 7.84. The van der Waals surface area contributed by atoms with Crippen molar-refractivity contribution in [1.29, 1.82) is 0 Å². The molecule has 1 aliphatic rings. The van der Waals surface area contributed by atoms with Crippen LogP contribution in [0.4, 0.5) is 0 Å². The molecule has 6 nitrogen and oxygen atoms in total. The number of hydrazone groups is 1. The first kappa shape index (κ1) is 16.2. The molecule has 24 heavy (non-hydrogen) atoms. The fourth-order valence-electron chi connectivity index (χ4n) is 2.50. The van der Waals surface area contributed by atoms with Crippen LogP contribution in [0.15, 0.2) is 58.1 Å². The molecule has 2 aromatic rings. The number of furan rings is 1. The van der Waals surface area contributed by atoms with E-state index < -0.39 is 0 Å². The third-order valence-corrected chi connectivity index (χ3v) is 3.75. The molecule has 6 heteroatoms. The summed E-state index contributed by atoms with van der Waals surface area (Å²) in [5, 5.41) is 3.93. The number of hydrazine groups is 1. The lowest BCUT2D eigenvalue weighted by atomic mass is 10.1. The molecule has 124 valence electrons. The molecule has 2 unspecified atom stereocenters. The van der Waals surface area contributed by atoms with Gasteiger partial charge in [-0.1, -0.05) is 36.4 Å². The molecular formula is C18H20N4O2. The Kier molecular flexibility index (Phi) is 5.20. The molecule has 3 rings (SSSR count). The van der Waals surface area contributed by atoms with Gasteiger partial charge >= 0.3 is 0 Å². The zero-order valence-electron chi connectivity index (χ0n) is 13.4. The van der Waals surface area contributed by atoms with Crippen molar-refractivity contribution in [2.45, 2.75) is 25.4 Å². The van der Waals surface area contributed by atoms with E-state index in [1.165, 1.54) is 0 Å². The van der Waals surface area contributed by atoms with Gasteiger partial charge in [0.15, 0.2) is 0 Å². The molecule has 0 radical (unpaired) electrons. The van der Waals surface area contributed by atoms with Crippen LogP contribution in [0.3, 0.4) is 0 Å². The fraction of sp³-hybridized carbons (Fsp3) is 0.222. The minimum atomic E-state index is -0.351. The predicted molar refractivity (Wildman–Crippen MR) is 93.0 cm³/mol. The number of nitrogens with zero attached hydrogens (tertiary/aromatic N) is 1. The van der Waals surface area contributed by atoms with Crippen LogP contribution < -0.4 is 16.3 Å². The van der Waals surface area contributed by atoms with E-state index in [1.807, 2.05) is 55.5 Å². The van der Waals surface area contributed by atoms with Crippen LogP contribution in [0.5, 0.6) is 0 Å². The number of amides is 1. The van der Waals surface area contributed by atoms with E-state index in [0.717, 1.165) is 17.1 Å². The number of nitrogens with one attached hydrogen (secondary N) is 3. The SMILES string of the molecule is Cc1ccc(C2CC(C(=O)N/N=C/C=C/c3ccccc3)NN2)o1. The van der Waals surface area contributed by atoms with Gasteiger partial charge in [-0.15, -0.1) is 0 Å². The highest BCUT2D eigenvalue weighted by Gasteiger charge is 2.31. The largest absolute Gasteiger partial charge is 0.465 e. The van der Waals surface area contributed by atoms with Gasteiger partial charge in [0, 0.05) is 6.21 Å². The highest BCUT2D eigenvalue weighted by Crippen LogP contribution is 2.23. The average Bonchev–Trinajstić information content (AvgIpc) is 3.24. The number of benzene rings is 1. The van der Waals surface area contributed by atoms with Crippen LogP contribution in [0.1, 0.15) is 29.5 Å². The molecule has 0 saturated carbocycles. The lowest BCUT2D eigenvalue weighted by molar-refractivity contribution is -0.122. The van der Waals surface area contributed by atoms with E-state index in [-0.39, 0.29) is 18.0 Å². The molecule has 2 heterocycles. The molecule has 1 aromatic heterocycles. The van der Waals surface area contributed by atoms with E-state index in [4.69, 9.17) is 4.42 Å². The van der Waals surface area contributed by atoms with Crippen LogP contribution >= 0.6 is 0 Å². The van der Waals surface area contributed by atoms with Crippen LogP contribution in [-0.4, -0.2) is 18.2 Å². The van der Waals surface area contributed by atoms with Crippen molar-refractivity contribution < 1.29 is 9.21 Å². The summed E-state index contributed by atoms with van der Waals surface area (Å²) in [6, 6.07) is 13.3. The van der Waals surface area contributed by atoms with Gasteiger partial charge < -0.3 is 4.42 Å². The van der Waals surface area contributed by atoms with Crippen molar-refractivity contribution in [1.82, 2.24) is 16.3 Å². The molecule has 0 bridgehead atoms. The van der Waals surface area contributed by atoms with E-state index in [0.29, 0.717) is 6.42 Å². The Hall–Kier alpha value is -2.70. The van der Waals surface area contributed by atoms with Crippen LogP contribution in [-0.2, 0) is 4.79 Å². The Morgan fingerprint density at radius 1 is 1.25 bits per heavy atom. The summed E-state index contributed by atoms with van der Waals surface area (Å²) < 4.78 is 5.58. The molecule has 1 saturated heterocycles. The number of rotatable bonds is 5. The van der Waals surface area contributed by atoms with Gasteiger partial charge in [0.25, 0.3) is 5.91 Å². The summed E-state index contributed by atoms with van der Waals surface area (Å²) in [4.78, 5) is 12.1. The molecule has 3 N–H and O–H groups in total. The van der Waals surface area contributed by atoms with Crippen LogP contribution in [0.2, 0.25) is 0 Å². The Morgan fingerprint density at radius 2 is 2.08 bits per heavy atom. The Labute approximate surface area is 140 Å². The number of hydrogen-bond acceptors (Lipinski definition) is 5. The molecule has 1 aromatic carbocycles. The van der Waals surface area contributed by atoms with E-state index in [2.05, 4.69) is 21.4 Å². The summed E-state index contributed by atoms with van der Waals surface area (Å²) in [5.41, 5.74) is 9.65. The zero-order valence-corrected chi connectivity index (χ0v) is 13.4. The van der Waals surface area contributed by atoms with Crippen molar-refractivity contribution in [3.63, 3.8) is 0 Å². The maximum atomic E-state index is 12.1. The van der Waals surface area contributed by atoms with E-state index >= 15 is 0 Å². The van der Waals surface area contributed by atoms with Gasteiger partial charge in [-0.05, 0) is 37.1 Å². The van der Waals surface area contributed by atoms with Gasteiger partial charge in [0.05, 0.1) is 6.04 Å². The minimum Gasteiger partial charge on any atom is -0.465 e. The number of aryl methyl sites for hydroxylation is 1. The summed E-state index contributed by atoms with van der Waals surface area (Å²) in [7, 11) is 0. The summed E-state index contributed by atoms with van der Waals surface area (Å²) in [5.74, 6) is 1.50. The molecule has 0 spiro atoms.